The molecule has 2 N–H and O–H groups in total. The van der Waals surface area contributed by atoms with Crippen LogP contribution in [0.5, 0.6) is 0 Å². The van der Waals surface area contributed by atoms with Crippen LogP contribution in [-0.4, -0.2) is 107 Å². The number of carbonyl (C=O) groups excluding carboxylic acids is 12. The SMILES string of the molecule is NC1CC(=O)N(ON2C(=O)CCC2=O)C1=O.O=C1CCC(=O)N1ON1C(=O)CCC1=O.O=C1CCC(=O)N1ON1C(=O)CCC1=O. The van der Waals surface area contributed by atoms with Crippen LogP contribution in [-0.2, 0) is 72.3 Å². The van der Waals surface area contributed by atoms with Crippen LogP contribution in [0, 0.1) is 0 Å². The smallest absolute Gasteiger partial charge is 0.272 e. The maximum atomic E-state index is 11.3. The maximum absolute atomic E-state index is 11.3. The normalized spacial score (nSPS) is 23.5. The molecule has 0 spiro atoms. The molecular formula is C24H25N7O15. The summed E-state index contributed by atoms with van der Waals surface area (Å²) in [6.07, 6.45) is 0.250. The van der Waals surface area contributed by atoms with Gasteiger partial charge in [-0.15, -0.1) is 45.2 Å². The van der Waals surface area contributed by atoms with Gasteiger partial charge in [0.15, 0.2) is 0 Å². The molecule has 0 saturated carbocycles. The molecule has 6 saturated heterocycles. The number of amides is 12. The number of hydrogen-bond donors (Lipinski definition) is 1. The van der Waals surface area contributed by atoms with Crippen molar-refractivity contribution in [1.82, 2.24) is 30.4 Å². The zero-order chi connectivity index (χ0) is 33.9. The quantitative estimate of drug-likeness (QED) is 0.271. The second-order valence-electron chi connectivity index (χ2n) is 9.99. The van der Waals surface area contributed by atoms with Gasteiger partial charge in [0.1, 0.15) is 0 Å². The first-order chi connectivity index (χ1) is 21.7. The van der Waals surface area contributed by atoms with Crippen molar-refractivity contribution < 1.29 is 72.3 Å². The zero-order valence-electron chi connectivity index (χ0n) is 23.7. The molecule has 1 unspecified atom stereocenters. The summed E-state index contributed by atoms with van der Waals surface area (Å²) in [4.78, 5) is 148. The highest BCUT2D eigenvalue weighted by atomic mass is 16.9. The lowest BCUT2D eigenvalue weighted by Gasteiger charge is -2.18. The van der Waals surface area contributed by atoms with Gasteiger partial charge in [-0.2, -0.15) is 0 Å². The lowest BCUT2D eigenvalue weighted by atomic mass is 10.3. The van der Waals surface area contributed by atoms with E-state index >= 15 is 0 Å². The van der Waals surface area contributed by atoms with Gasteiger partial charge >= 0.3 is 0 Å². The molecular weight excluding hydrogens is 626 g/mol. The molecule has 6 aliphatic rings. The van der Waals surface area contributed by atoms with E-state index in [0.717, 1.165) is 0 Å². The standard InChI is InChI=1S/C8H9N3O5.2C8H8N2O5/c9-4-3-7(14)11(8(4)15)16-10-5(12)1-2-6(10)13;2*11-5-1-2-6(12)9(5)15-10-7(13)3-4-8(10)14/h4H,1-3,9H2;2*1-4H2. The molecule has 0 aromatic carbocycles. The van der Waals surface area contributed by atoms with E-state index in [2.05, 4.69) is 14.8 Å². The Bertz CT molecular complexity index is 1240. The topological polar surface area (TPSA) is 278 Å². The van der Waals surface area contributed by atoms with E-state index in [1.807, 2.05) is 0 Å². The maximum Gasteiger partial charge on any atom is 0.272 e. The van der Waals surface area contributed by atoms with Gasteiger partial charge in [-0.05, 0) is 0 Å². The Hall–Kier alpha value is -5.32. The molecule has 0 aliphatic carbocycles. The number of nitrogens with zero attached hydrogens (tertiary/aromatic N) is 6. The van der Waals surface area contributed by atoms with E-state index in [-0.39, 0.29) is 70.6 Å². The number of nitrogens with two attached hydrogens (primary N) is 1. The van der Waals surface area contributed by atoms with Crippen LogP contribution in [0.25, 0.3) is 0 Å². The van der Waals surface area contributed by atoms with Crippen LogP contribution in [0.4, 0.5) is 0 Å². The molecule has 22 nitrogen and oxygen atoms in total. The third-order valence-electron chi connectivity index (χ3n) is 6.66. The van der Waals surface area contributed by atoms with Crippen LogP contribution in [0.2, 0.25) is 0 Å². The van der Waals surface area contributed by atoms with Gasteiger partial charge < -0.3 is 5.73 Å². The van der Waals surface area contributed by atoms with Crippen molar-refractivity contribution in [2.75, 3.05) is 0 Å². The van der Waals surface area contributed by atoms with Crippen LogP contribution in [0.1, 0.15) is 70.6 Å². The number of imide groups is 6. The third kappa shape index (κ3) is 7.14. The van der Waals surface area contributed by atoms with Gasteiger partial charge in [0.2, 0.25) is 0 Å². The van der Waals surface area contributed by atoms with Crippen LogP contribution in [0.3, 0.4) is 0 Å². The Balaban J connectivity index is 0.000000157. The van der Waals surface area contributed by atoms with Gasteiger partial charge in [0, 0.05) is 64.2 Å². The minimum Gasteiger partial charge on any atom is -0.319 e. The fraction of sp³-hybridized carbons (Fsp3) is 0.500. The summed E-state index contributed by atoms with van der Waals surface area (Å²) in [6, 6.07) is -0.972. The summed E-state index contributed by atoms with van der Waals surface area (Å²) >= 11 is 0. The van der Waals surface area contributed by atoms with E-state index in [1.165, 1.54) is 0 Å². The Morgan fingerprint density at radius 3 is 0.717 bits per heavy atom. The Morgan fingerprint density at radius 2 is 0.543 bits per heavy atom. The molecule has 0 radical (unpaired) electrons. The van der Waals surface area contributed by atoms with Crippen LogP contribution >= 0.6 is 0 Å². The fourth-order valence-electron chi connectivity index (χ4n) is 4.20. The van der Waals surface area contributed by atoms with E-state index in [4.69, 9.17) is 5.73 Å². The van der Waals surface area contributed by atoms with Crippen molar-refractivity contribution >= 4 is 70.9 Å². The molecule has 246 valence electrons. The minimum atomic E-state index is -0.972. The van der Waals surface area contributed by atoms with Crippen molar-refractivity contribution in [3.63, 3.8) is 0 Å². The van der Waals surface area contributed by atoms with Gasteiger partial charge in [-0.1, -0.05) is 0 Å². The summed E-state index contributed by atoms with van der Waals surface area (Å²) in [5, 5.41) is 2.68. The van der Waals surface area contributed by atoms with Crippen molar-refractivity contribution in [2.45, 2.75) is 76.7 Å². The van der Waals surface area contributed by atoms with Crippen molar-refractivity contribution in [3.05, 3.63) is 0 Å². The van der Waals surface area contributed by atoms with Gasteiger partial charge in [0.25, 0.3) is 70.9 Å². The monoisotopic (exact) mass is 651 g/mol. The molecule has 46 heavy (non-hydrogen) atoms. The molecule has 1 atom stereocenters. The van der Waals surface area contributed by atoms with Crippen molar-refractivity contribution in [1.29, 1.82) is 0 Å². The highest BCUT2D eigenvalue weighted by molar-refractivity contribution is 6.06. The Morgan fingerprint density at radius 1 is 0.348 bits per heavy atom. The molecule has 0 aromatic rings. The fourth-order valence-corrected chi connectivity index (χ4v) is 4.20. The zero-order valence-corrected chi connectivity index (χ0v) is 23.7. The molecule has 6 rings (SSSR count). The molecule has 6 aliphatic heterocycles. The predicted octanol–water partition coefficient (Wildman–Crippen LogP) is -3.67. The molecule has 12 amide bonds. The van der Waals surface area contributed by atoms with Gasteiger partial charge in [-0.25, -0.2) is 0 Å². The van der Waals surface area contributed by atoms with E-state index in [1.54, 1.807) is 0 Å². The predicted molar refractivity (Wildman–Crippen MR) is 133 cm³/mol. The third-order valence-corrected chi connectivity index (χ3v) is 6.66. The van der Waals surface area contributed by atoms with Gasteiger partial charge in [-0.3, -0.25) is 57.5 Å². The first-order valence-corrected chi connectivity index (χ1v) is 13.6. The lowest BCUT2D eigenvalue weighted by Crippen LogP contribution is -2.43. The highest BCUT2D eigenvalue weighted by Gasteiger charge is 2.43. The molecule has 6 fully saturated rings. The van der Waals surface area contributed by atoms with Gasteiger partial charge in [0.05, 0.1) is 12.5 Å². The lowest BCUT2D eigenvalue weighted by molar-refractivity contribution is -0.270. The number of rotatable bonds is 6. The number of hydroxylamine groups is 12. The largest absolute Gasteiger partial charge is 0.319 e. The summed E-state index contributed by atoms with van der Waals surface area (Å²) in [7, 11) is 0. The summed E-state index contributed by atoms with van der Waals surface area (Å²) in [6.45, 7) is 0. The second-order valence-corrected chi connectivity index (χ2v) is 9.99. The average molecular weight is 651 g/mol. The summed E-state index contributed by atoms with van der Waals surface area (Å²) in [5.41, 5.74) is 5.32. The molecule has 22 heteroatoms. The minimum absolute atomic E-state index is 0.0150. The first kappa shape index (κ1) is 33.6. The van der Waals surface area contributed by atoms with Crippen LogP contribution in [0.15, 0.2) is 0 Å². The molecule has 0 aromatic heterocycles. The van der Waals surface area contributed by atoms with E-state index < -0.39 is 76.9 Å². The first-order valence-electron chi connectivity index (χ1n) is 13.6. The van der Waals surface area contributed by atoms with Crippen LogP contribution < -0.4 is 5.73 Å². The highest BCUT2D eigenvalue weighted by Crippen LogP contribution is 2.20. The Labute approximate surface area is 256 Å². The second kappa shape index (κ2) is 13.8. The van der Waals surface area contributed by atoms with E-state index in [0.29, 0.717) is 30.4 Å². The summed E-state index contributed by atoms with van der Waals surface area (Å²) < 4.78 is 0. The number of hydrogen-bond acceptors (Lipinski definition) is 16. The van der Waals surface area contributed by atoms with Crippen molar-refractivity contribution in [3.8, 4) is 0 Å². The molecule has 6 heterocycles. The number of carbonyl (C=O) groups is 12. The molecule has 0 bridgehead atoms. The van der Waals surface area contributed by atoms with E-state index in [9.17, 15) is 57.5 Å². The Kier molecular flexibility index (Phi) is 10.0. The van der Waals surface area contributed by atoms with Crippen molar-refractivity contribution in [2.24, 2.45) is 5.73 Å². The average Bonchev–Trinajstić information content (AvgIpc) is 3.82. The summed E-state index contributed by atoms with van der Waals surface area (Å²) in [5.74, 6) is -6.85.